The smallest absolute Gasteiger partial charge is 0.384 e. The van der Waals surface area contributed by atoms with E-state index < -0.39 is 44.5 Å². The second kappa shape index (κ2) is 6.70. The number of nitrogens with zero attached hydrogens (tertiary/aromatic N) is 3. The number of nitrogens with two attached hydrogens (primary N) is 1. The molecule has 4 atom stereocenters. The molecule has 1 aliphatic heterocycles. The van der Waals surface area contributed by atoms with E-state index in [0.717, 1.165) is 0 Å². The number of aryl methyl sites for hydroxylation is 1. The van der Waals surface area contributed by atoms with Gasteiger partial charge in [-0.2, -0.15) is 0 Å². The molecule has 0 spiro atoms. The summed E-state index contributed by atoms with van der Waals surface area (Å²) in [6.07, 6.45) is -2.66. The van der Waals surface area contributed by atoms with Gasteiger partial charge >= 0.3 is 13.5 Å². The maximum absolute atomic E-state index is 12.1. The molecule has 144 valence electrons. The first-order valence-electron chi connectivity index (χ1n) is 7.44. The Morgan fingerprint density at radius 1 is 1.54 bits per heavy atom. The van der Waals surface area contributed by atoms with Crippen molar-refractivity contribution in [2.24, 2.45) is 7.05 Å². The van der Waals surface area contributed by atoms with Crippen LogP contribution in [0.2, 0.25) is 0 Å². The number of aliphatic hydroxyl groups excluding tert-OH is 1. The summed E-state index contributed by atoms with van der Waals surface area (Å²) < 4.78 is 29.1. The average molecular weight is 392 g/mol. The van der Waals surface area contributed by atoms with E-state index in [1.165, 1.54) is 22.6 Å². The highest BCUT2D eigenvalue weighted by Crippen LogP contribution is 2.38. The molecule has 0 aliphatic carbocycles. The van der Waals surface area contributed by atoms with Crippen molar-refractivity contribution >= 4 is 24.9 Å². The molecule has 13 nitrogen and oxygen atoms in total. The Hall–Kier alpha value is -1.86. The van der Waals surface area contributed by atoms with Crippen LogP contribution in [0.4, 0.5) is 5.95 Å². The number of aliphatic hydroxyl groups is 1. The Kier molecular flexibility index (Phi) is 4.88. The summed E-state index contributed by atoms with van der Waals surface area (Å²) in [5, 5.41) is 10.5. The fourth-order valence-electron chi connectivity index (χ4n) is 3.00. The Balaban J connectivity index is 1.98. The standard InChI is InChI=1S/C12H18N5O8P/c1-16-4-17(9-6(16)10(19)15-12(13)14-9)11-7(18)8(23-2)5(25-11)3-24-26(20,21)22/h4-5,7-8,11,18H,3H2,1-2H3,(H4-,13,14,15,19,20,21,22)/p+1/t5-,7?,8+,11-/m0/s1. The molecule has 14 heteroatoms. The monoisotopic (exact) mass is 392 g/mol. The molecular weight excluding hydrogens is 373 g/mol. The van der Waals surface area contributed by atoms with E-state index in [4.69, 9.17) is 25.0 Å². The lowest BCUT2D eigenvalue weighted by Crippen LogP contribution is -2.46. The number of aromatic nitrogens is 4. The Bertz CT molecular complexity index is 922. The van der Waals surface area contributed by atoms with E-state index in [0.29, 0.717) is 0 Å². The first kappa shape index (κ1) is 18.9. The second-order valence-electron chi connectivity index (χ2n) is 5.80. The zero-order chi connectivity index (χ0) is 19.2. The van der Waals surface area contributed by atoms with E-state index in [-0.39, 0.29) is 17.1 Å². The topological polar surface area (TPSA) is 186 Å². The van der Waals surface area contributed by atoms with Gasteiger partial charge in [-0.25, -0.2) is 9.13 Å². The number of anilines is 1. The lowest BCUT2D eigenvalue weighted by molar-refractivity contribution is -0.745. The van der Waals surface area contributed by atoms with Crippen LogP contribution in [0.15, 0.2) is 11.1 Å². The summed E-state index contributed by atoms with van der Waals surface area (Å²) in [7, 11) is -1.79. The van der Waals surface area contributed by atoms with Crippen molar-refractivity contribution in [3.05, 3.63) is 16.7 Å². The SMILES string of the molecule is CO[C@H]1C(O)[C@@H]([n+]2cn(C)c3c(=O)[nH]c(N)nc32)O[C@H]1COP(=O)(O)O. The molecular formula is C12H19N5O8P+. The molecule has 0 radical (unpaired) electrons. The number of hydrogen-bond donors (Lipinski definition) is 5. The minimum atomic E-state index is -4.72. The number of H-pyrrole nitrogens is 1. The summed E-state index contributed by atoms with van der Waals surface area (Å²) in [6, 6.07) is 0. The largest absolute Gasteiger partial charge is 0.469 e. The highest BCUT2D eigenvalue weighted by Gasteiger charge is 2.48. The summed E-state index contributed by atoms with van der Waals surface area (Å²) >= 11 is 0. The molecule has 1 fully saturated rings. The van der Waals surface area contributed by atoms with Crippen molar-refractivity contribution < 1.29 is 38.0 Å². The van der Waals surface area contributed by atoms with Crippen molar-refractivity contribution in [2.45, 2.75) is 24.5 Å². The molecule has 0 bridgehead atoms. The number of rotatable bonds is 5. The van der Waals surface area contributed by atoms with Crippen LogP contribution in [0.5, 0.6) is 0 Å². The third-order valence-corrected chi connectivity index (χ3v) is 4.54. The van der Waals surface area contributed by atoms with Crippen molar-refractivity contribution in [1.29, 1.82) is 0 Å². The van der Waals surface area contributed by atoms with Crippen molar-refractivity contribution in [3.8, 4) is 0 Å². The molecule has 1 saturated heterocycles. The number of fused-ring (bicyclic) bond motifs is 1. The third-order valence-electron chi connectivity index (χ3n) is 4.05. The van der Waals surface area contributed by atoms with Crippen LogP contribution < -0.4 is 15.9 Å². The molecule has 1 unspecified atom stereocenters. The molecule has 3 rings (SSSR count). The Morgan fingerprint density at radius 2 is 2.23 bits per heavy atom. The average Bonchev–Trinajstić information content (AvgIpc) is 3.01. The van der Waals surface area contributed by atoms with Crippen molar-refractivity contribution in [2.75, 3.05) is 19.5 Å². The van der Waals surface area contributed by atoms with E-state index >= 15 is 0 Å². The normalized spacial score (nSPS) is 26.7. The second-order valence-corrected chi connectivity index (χ2v) is 7.04. The molecule has 2 aromatic rings. The van der Waals surface area contributed by atoms with Gasteiger partial charge in [-0.15, -0.1) is 0 Å². The number of methoxy groups -OCH3 is 1. The number of nitrogens with one attached hydrogen (secondary N) is 1. The number of aromatic amines is 1. The summed E-state index contributed by atoms with van der Waals surface area (Å²) in [5.41, 5.74) is 5.50. The molecule has 3 heterocycles. The van der Waals surface area contributed by atoms with E-state index in [2.05, 4.69) is 14.5 Å². The van der Waals surface area contributed by atoms with Crippen LogP contribution in [0.1, 0.15) is 6.23 Å². The van der Waals surface area contributed by atoms with Gasteiger partial charge in [0.05, 0.1) is 13.7 Å². The first-order chi connectivity index (χ1) is 12.1. The van der Waals surface area contributed by atoms with Crippen LogP contribution in [0.3, 0.4) is 0 Å². The third kappa shape index (κ3) is 3.38. The van der Waals surface area contributed by atoms with E-state index in [1.54, 1.807) is 7.05 Å². The van der Waals surface area contributed by atoms with Gasteiger partial charge < -0.3 is 30.1 Å². The van der Waals surface area contributed by atoms with Crippen LogP contribution in [0.25, 0.3) is 11.2 Å². The molecule has 0 aromatic carbocycles. The van der Waals surface area contributed by atoms with Crippen LogP contribution in [-0.2, 0) is 25.6 Å². The van der Waals surface area contributed by atoms with E-state index in [9.17, 15) is 14.5 Å². The van der Waals surface area contributed by atoms with Crippen molar-refractivity contribution in [3.63, 3.8) is 0 Å². The van der Waals surface area contributed by atoms with Crippen LogP contribution in [-0.4, -0.2) is 61.5 Å². The minimum Gasteiger partial charge on any atom is -0.384 e. The van der Waals surface area contributed by atoms with Gasteiger partial charge in [0.15, 0.2) is 6.33 Å². The molecule has 0 amide bonds. The minimum absolute atomic E-state index is 0.111. The van der Waals surface area contributed by atoms with Gasteiger partial charge in [-0.05, 0) is 0 Å². The summed E-state index contributed by atoms with van der Waals surface area (Å²) in [4.78, 5) is 36.2. The lowest BCUT2D eigenvalue weighted by atomic mass is 10.1. The van der Waals surface area contributed by atoms with E-state index in [1.807, 2.05) is 0 Å². The molecule has 2 aromatic heterocycles. The number of ether oxygens (including phenoxy) is 2. The van der Waals surface area contributed by atoms with Gasteiger partial charge in [0.1, 0.15) is 18.3 Å². The van der Waals surface area contributed by atoms with Gasteiger partial charge in [0.25, 0.3) is 11.5 Å². The number of phosphoric acid groups is 1. The molecule has 26 heavy (non-hydrogen) atoms. The summed E-state index contributed by atoms with van der Waals surface area (Å²) in [6.45, 7) is -0.502. The van der Waals surface area contributed by atoms with Gasteiger partial charge in [0, 0.05) is 7.11 Å². The maximum atomic E-state index is 12.1. The fraction of sp³-hybridized carbons (Fsp3) is 0.583. The zero-order valence-electron chi connectivity index (χ0n) is 13.8. The summed E-state index contributed by atoms with van der Waals surface area (Å²) in [5.74, 6) is -0.111. The number of nitrogen functional groups attached to an aromatic ring is 1. The predicted octanol–water partition coefficient (Wildman–Crippen LogP) is -2.49. The highest BCUT2D eigenvalue weighted by molar-refractivity contribution is 7.46. The van der Waals surface area contributed by atoms with Crippen LogP contribution >= 0.6 is 7.82 Å². The molecule has 1 aliphatic rings. The fourth-order valence-corrected chi connectivity index (χ4v) is 3.34. The van der Waals surface area contributed by atoms with Crippen LogP contribution in [0, 0.1) is 0 Å². The lowest BCUT2D eigenvalue weighted by Gasteiger charge is -2.17. The Morgan fingerprint density at radius 3 is 2.85 bits per heavy atom. The molecule has 6 N–H and O–H groups in total. The number of phosphoric ester groups is 1. The maximum Gasteiger partial charge on any atom is 0.469 e. The van der Waals surface area contributed by atoms with Gasteiger partial charge in [-0.3, -0.25) is 18.9 Å². The van der Waals surface area contributed by atoms with Gasteiger partial charge in [-0.1, -0.05) is 4.98 Å². The number of hydrogen-bond acceptors (Lipinski definition) is 8. The van der Waals surface area contributed by atoms with Gasteiger partial charge in [0.2, 0.25) is 11.7 Å². The quantitative estimate of drug-likeness (QED) is 0.269. The van der Waals surface area contributed by atoms with Crippen molar-refractivity contribution in [1.82, 2.24) is 14.5 Å². The zero-order valence-corrected chi connectivity index (χ0v) is 14.7. The number of imidazole rings is 1. The predicted molar refractivity (Wildman–Crippen MR) is 84.7 cm³/mol. The first-order valence-corrected chi connectivity index (χ1v) is 8.97. The molecule has 0 saturated carbocycles. The highest BCUT2D eigenvalue weighted by atomic mass is 31.2. The Labute approximate surface area is 146 Å².